The molecule has 2 aromatic rings. The first kappa shape index (κ1) is 19.6. The lowest BCUT2D eigenvalue weighted by atomic mass is 9.98. The van der Waals surface area contributed by atoms with Crippen LogP contribution in [-0.4, -0.2) is 87.8 Å². The van der Waals surface area contributed by atoms with Crippen LogP contribution >= 0.6 is 0 Å². The van der Waals surface area contributed by atoms with Gasteiger partial charge in [0.1, 0.15) is 5.82 Å². The van der Waals surface area contributed by atoms with Crippen molar-refractivity contribution in [2.45, 2.75) is 37.9 Å². The molecule has 2 aliphatic rings. The van der Waals surface area contributed by atoms with Crippen molar-refractivity contribution < 1.29 is 5.11 Å². The average molecular weight is 384 g/mol. The Bertz CT molecular complexity index is 726. The summed E-state index contributed by atoms with van der Waals surface area (Å²) in [7, 11) is 2.22. The van der Waals surface area contributed by atoms with Gasteiger partial charge in [0.05, 0.1) is 0 Å². The van der Waals surface area contributed by atoms with Crippen molar-refractivity contribution in [1.29, 1.82) is 0 Å². The molecule has 2 aromatic heterocycles. The highest BCUT2D eigenvalue weighted by molar-refractivity contribution is 5.27. The molecule has 2 saturated heterocycles. The minimum atomic E-state index is 0.270. The summed E-state index contributed by atoms with van der Waals surface area (Å²) in [5.41, 5.74) is 1.27. The number of rotatable bonds is 6. The number of hydrogen-bond acceptors (Lipinski definition) is 5. The molecular weight excluding hydrogens is 350 g/mol. The molecule has 0 unspecified atom stereocenters. The molecule has 0 aromatic carbocycles. The van der Waals surface area contributed by atoms with Crippen molar-refractivity contribution in [2.75, 3.05) is 46.4 Å². The fraction of sp³-hybridized carbons (Fsp3) is 0.591. The summed E-state index contributed by atoms with van der Waals surface area (Å²) in [5.74, 6) is 0.972. The van der Waals surface area contributed by atoms with Gasteiger partial charge in [-0.15, -0.1) is 0 Å². The van der Waals surface area contributed by atoms with E-state index in [2.05, 4.69) is 55.7 Å². The normalized spacial score (nSPS) is 23.3. The molecule has 0 aliphatic carbocycles. The summed E-state index contributed by atoms with van der Waals surface area (Å²) in [6.45, 7) is 6.78. The zero-order valence-electron chi connectivity index (χ0n) is 17.0. The fourth-order valence-electron chi connectivity index (χ4n) is 4.78. The molecule has 1 atom stereocenters. The predicted molar refractivity (Wildman–Crippen MR) is 112 cm³/mol. The molecule has 0 radical (unpaired) electrons. The number of nitrogens with zero attached hydrogens (tertiary/aromatic N) is 5. The Morgan fingerprint density at radius 1 is 1.07 bits per heavy atom. The molecular formula is C22H33N5O. The van der Waals surface area contributed by atoms with Gasteiger partial charge in [0.25, 0.3) is 0 Å². The second-order valence-corrected chi connectivity index (χ2v) is 8.23. The summed E-state index contributed by atoms with van der Waals surface area (Å²) in [5, 5.41) is 9.65. The number of aromatic nitrogens is 2. The SMILES string of the molecule is CN1CCC(N2CCN(Cc3cccn3-c3ccccn3)C[C@H]2CCO)CC1. The highest BCUT2D eigenvalue weighted by Crippen LogP contribution is 2.24. The van der Waals surface area contributed by atoms with Gasteiger partial charge >= 0.3 is 0 Å². The van der Waals surface area contributed by atoms with Crippen molar-refractivity contribution in [3.05, 3.63) is 48.4 Å². The van der Waals surface area contributed by atoms with E-state index in [9.17, 15) is 5.11 Å². The first-order chi connectivity index (χ1) is 13.7. The highest BCUT2D eigenvalue weighted by Gasteiger charge is 2.33. The maximum atomic E-state index is 9.65. The van der Waals surface area contributed by atoms with Gasteiger partial charge in [-0.1, -0.05) is 6.07 Å². The summed E-state index contributed by atoms with van der Waals surface area (Å²) >= 11 is 0. The van der Waals surface area contributed by atoms with Crippen LogP contribution in [0.5, 0.6) is 0 Å². The molecule has 4 rings (SSSR count). The van der Waals surface area contributed by atoms with Crippen molar-refractivity contribution >= 4 is 0 Å². The third kappa shape index (κ3) is 4.46. The van der Waals surface area contributed by atoms with Crippen LogP contribution < -0.4 is 0 Å². The van der Waals surface area contributed by atoms with Gasteiger partial charge in [-0.25, -0.2) is 4.98 Å². The van der Waals surface area contributed by atoms with E-state index in [0.29, 0.717) is 12.1 Å². The monoisotopic (exact) mass is 383 g/mol. The maximum Gasteiger partial charge on any atom is 0.136 e. The van der Waals surface area contributed by atoms with E-state index < -0.39 is 0 Å². The average Bonchev–Trinajstić information content (AvgIpc) is 3.18. The number of aliphatic hydroxyl groups is 1. The number of piperazine rings is 1. The molecule has 0 bridgehead atoms. The van der Waals surface area contributed by atoms with Gasteiger partial charge in [-0.3, -0.25) is 9.80 Å². The van der Waals surface area contributed by atoms with E-state index in [0.717, 1.165) is 38.4 Å². The first-order valence-electron chi connectivity index (χ1n) is 10.6. The van der Waals surface area contributed by atoms with Crippen LogP contribution in [0.3, 0.4) is 0 Å². The zero-order chi connectivity index (χ0) is 19.3. The Morgan fingerprint density at radius 3 is 2.68 bits per heavy atom. The van der Waals surface area contributed by atoms with Crippen LogP contribution in [0.1, 0.15) is 25.0 Å². The van der Waals surface area contributed by atoms with Gasteiger partial charge in [0.2, 0.25) is 0 Å². The molecule has 1 N–H and O–H groups in total. The topological polar surface area (TPSA) is 47.8 Å². The van der Waals surface area contributed by atoms with Crippen LogP contribution in [0, 0.1) is 0 Å². The second kappa shape index (κ2) is 9.18. The second-order valence-electron chi connectivity index (χ2n) is 8.23. The largest absolute Gasteiger partial charge is 0.396 e. The van der Waals surface area contributed by atoms with Crippen molar-refractivity contribution in [2.24, 2.45) is 0 Å². The van der Waals surface area contributed by atoms with Crippen molar-refractivity contribution in [1.82, 2.24) is 24.3 Å². The minimum absolute atomic E-state index is 0.270. The van der Waals surface area contributed by atoms with Gasteiger partial charge in [-0.05, 0) is 63.7 Å². The van der Waals surface area contributed by atoms with E-state index in [1.807, 2.05) is 18.3 Å². The quantitative estimate of drug-likeness (QED) is 0.825. The lowest BCUT2D eigenvalue weighted by Gasteiger charge is -2.47. The summed E-state index contributed by atoms with van der Waals surface area (Å²) < 4.78 is 2.18. The van der Waals surface area contributed by atoms with Gasteiger partial charge in [0.15, 0.2) is 0 Å². The molecule has 6 heteroatoms. The minimum Gasteiger partial charge on any atom is -0.396 e. The summed E-state index contributed by atoms with van der Waals surface area (Å²) in [6.07, 6.45) is 7.31. The smallest absolute Gasteiger partial charge is 0.136 e. The lowest BCUT2D eigenvalue weighted by molar-refractivity contribution is 0.00552. The van der Waals surface area contributed by atoms with Crippen LogP contribution in [-0.2, 0) is 6.54 Å². The molecule has 0 saturated carbocycles. The zero-order valence-corrected chi connectivity index (χ0v) is 17.0. The number of hydrogen-bond donors (Lipinski definition) is 1. The third-order valence-corrected chi connectivity index (χ3v) is 6.35. The number of piperidine rings is 1. The van der Waals surface area contributed by atoms with Crippen LogP contribution in [0.4, 0.5) is 0 Å². The van der Waals surface area contributed by atoms with E-state index >= 15 is 0 Å². The lowest BCUT2D eigenvalue weighted by Crippen LogP contribution is -2.58. The molecule has 4 heterocycles. The van der Waals surface area contributed by atoms with Crippen molar-refractivity contribution in [3.63, 3.8) is 0 Å². The molecule has 0 spiro atoms. The Hall–Kier alpha value is -1.73. The Labute approximate surface area is 168 Å². The molecule has 2 aliphatic heterocycles. The fourth-order valence-corrected chi connectivity index (χ4v) is 4.78. The Kier molecular flexibility index (Phi) is 6.42. The van der Waals surface area contributed by atoms with Crippen LogP contribution in [0.15, 0.2) is 42.7 Å². The highest BCUT2D eigenvalue weighted by atomic mass is 16.3. The van der Waals surface area contributed by atoms with E-state index in [4.69, 9.17) is 0 Å². The Morgan fingerprint density at radius 2 is 1.93 bits per heavy atom. The molecule has 2 fully saturated rings. The van der Waals surface area contributed by atoms with Crippen molar-refractivity contribution in [3.8, 4) is 5.82 Å². The molecule has 0 amide bonds. The summed E-state index contributed by atoms with van der Waals surface area (Å²) in [6, 6.07) is 11.5. The predicted octanol–water partition coefficient (Wildman–Crippen LogP) is 1.84. The van der Waals surface area contributed by atoms with Gasteiger partial charge < -0.3 is 14.6 Å². The van der Waals surface area contributed by atoms with E-state index in [-0.39, 0.29) is 6.61 Å². The number of aliphatic hydroxyl groups excluding tert-OH is 1. The summed E-state index contributed by atoms with van der Waals surface area (Å²) in [4.78, 5) is 12.2. The van der Waals surface area contributed by atoms with Gasteiger partial charge in [0, 0.05) is 63.0 Å². The molecule has 28 heavy (non-hydrogen) atoms. The first-order valence-corrected chi connectivity index (χ1v) is 10.6. The number of likely N-dealkylation sites (tertiary alicyclic amines) is 1. The Balaban J connectivity index is 1.42. The standard InChI is InChI=1S/C22H33N5O/c1-24-12-7-19(8-13-24)26-15-14-25(18-21(26)9-16-28)17-20-5-4-11-27(20)22-6-2-3-10-23-22/h2-6,10-11,19,21,28H,7-9,12-18H2,1H3/t21-/m1/s1. The van der Waals surface area contributed by atoms with E-state index in [1.165, 1.54) is 31.6 Å². The van der Waals surface area contributed by atoms with Crippen LogP contribution in [0.25, 0.3) is 5.82 Å². The third-order valence-electron chi connectivity index (χ3n) is 6.35. The molecule has 152 valence electrons. The van der Waals surface area contributed by atoms with Gasteiger partial charge in [-0.2, -0.15) is 0 Å². The van der Waals surface area contributed by atoms with E-state index in [1.54, 1.807) is 0 Å². The number of pyridine rings is 1. The molecule has 6 nitrogen and oxygen atoms in total. The maximum absolute atomic E-state index is 9.65. The van der Waals surface area contributed by atoms with Crippen LogP contribution in [0.2, 0.25) is 0 Å².